The standard InChI is InChI=1S/C21H27FN10O12P2/c1-45(36,37)40-3-8-14(9(22)19(43-8)31-5-27-10-15(23)25-4-26-16(10)31)44-46(38,39)41-2-7-12(33)13(34)20(42-7)32-6-28-11-17(32)29-21(24)30-18(11)35/h4-9,12-14,19-20,33-34H,2-3H2,1H3,(H,36,37)(H,38,39)(H2,23,25,26)(H3,24,29,30,35)/t7-,8-,9+,12?,13+,14?,19-,20-/m1/s1. The van der Waals surface area contributed by atoms with Crippen LogP contribution >= 0.6 is 15.4 Å². The van der Waals surface area contributed by atoms with Gasteiger partial charge in [-0.15, -0.1) is 0 Å². The van der Waals surface area contributed by atoms with E-state index in [1.165, 1.54) is 0 Å². The first-order valence-corrected chi connectivity index (χ1v) is 16.7. The summed E-state index contributed by atoms with van der Waals surface area (Å²) < 4.78 is 69.2. The fraction of sp³-hybridized carbons (Fsp3) is 0.524. The summed E-state index contributed by atoms with van der Waals surface area (Å²) in [6.07, 6.45) is -10.1. The fourth-order valence-corrected chi connectivity index (χ4v) is 6.40. The number of ether oxygens (including phenoxy) is 2. The minimum Gasteiger partial charge on any atom is -0.387 e. The lowest BCUT2D eigenvalue weighted by molar-refractivity contribution is -0.0575. The smallest absolute Gasteiger partial charge is 0.387 e. The Kier molecular flexibility index (Phi) is 8.44. The highest BCUT2D eigenvalue weighted by Crippen LogP contribution is 2.50. The molecule has 2 fully saturated rings. The summed E-state index contributed by atoms with van der Waals surface area (Å²) in [7, 11) is -9.33. The number of anilines is 2. The number of alkyl halides is 1. The van der Waals surface area contributed by atoms with Crippen molar-refractivity contribution in [2.75, 3.05) is 31.3 Å². The number of nitrogen functional groups attached to an aromatic ring is 2. The van der Waals surface area contributed by atoms with E-state index in [0.717, 1.165) is 34.8 Å². The maximum atomic E-state index is 15.9. The summed E-state index contributed by atoms with van der Waals surface area (Å²) in [4.78, 5) is 54.2. The average molecular weight is 692 g/mol. The number of phosphoric acid groups is 1. The molecule has 4 aromatic rings. The van der Waals surface area contributed by atoms with Crippen molar-refractivity contribution in [2.24, 2.45) is 0 Å². The number of fused-ring (bicyclic) bond motifs is 2. The maximum Gasteiger partial charge on any atom is 0.472 e. The number of H-pyrrole nitrogens is 1. The van der Waals surface area contributed by atoms with Crippen molar-refractivity contribution in [3.8, 4) is 0 Å². The SMILES string of the molecule is CP(=O)(O)OC[C@H]1O[C@@H](n2cnc3c(N)ncnc32)[C@@H](F)C1OP(=O)(O)OC[C@H]1O[C@@H](n2cnc3c(=O)[nH]c(N)nc32)[C@@H](O)C1O. The van der Waals surface area contributed by atoms with Gasteiger partial charge in [-0.1, -0.05) is 0 Å². The van der Waals surface area contributed by atoms with Gasteiger partial charge < -0.3 is 45.5 Å². The highest BCUT2D eigenvalue weighted by molar-refractivity contribution is 7.51. The normalized spacial score (nSPS) is 31.0. The van der Waals surface area contributed by atoms with Gasteiger partial charge in [0.05, 0.1) is 25.9 Å². The van der Waals surface area contributed by atoms with Crippen LogP contribution in [0, 0.1) is 0 Å². The van der Waals surface area contributed by atoms with Gasteiger partial charge in [-0.25, -0.2) is 28.9 Å². The lowest BCUT2D eigenvalue weighted by atomic mass is 10.1. The molecule has 0 amide bonds. The topological polar surface area (TPSA) is 320 Å². The molecular weight excluding hydrogens is 665 g/mol. The number of imidazole rings is 2. The van der Waals surface area contributed by atoms with Crippen LogP contribution in [0.5, 0.6) is 0 Å². The quantitative estimate of drug-likeness (QED) is 0.0912. The molecule has 0 saturated carbocycles. The summed E-state index contributed by atoms with van der Waals surface area (Å²) in [5.41, 5.74) is 10.7. The number of aliphatic hydroxyl groups is 2. The molecule has 6 heterocycles. The number of aliphatic hydroxyl groups excluding tert-OH is 2. The predicted molar refractivity (Wildman–Crippen MR) is 149 cm³/mol. The van der Waals surface area contributed by atoms with Crippen LogP contribution in [0.25, 0.3) is 22.3 Å². The van der Waals surface area contributed by atoms with E-state index in [2.05, 4.69) is 29.9 Å². The van der Waals surface area contributed by atoms with Crippen molar-refractivity contribution >= 4 is 49.5 Å². The van der Waals surface area contributed by atoms with E-state index < -0.39 is 83.3 Å². The number of nitrogens with one attached hydrogen (secondary N) is 1. The number of hydrogen-bond donors (Lipinski definition) is 7. The molecule has 9 N–H and O–H groups in total. The van der Waals surface area contributed by atoms with Gasteiger partial charge in [0.25, 0.3) is 5.56 Å². The predicted octanol–water partition coefficient (Wildman–Crippen LogP) is -1.69. The van der Waals surface area contributed by atoms with Crippen LogP contribution in [0.2, 0.25) is 0 Å². The lowest BCUT2D eigenvalue weighted by Gasteiger charge is -2.23. The molecule has 2 aliphatic rings. The Labute approximate surface area is 255 Å². The average Bonchev–Trinajstić information content (AvgIpc) is 3.73. The fourth-order valence-electron chi connectivity index (χ4n) is 5.02. The summed E-state index contributed by atoms with van der Waals surface area (Å²) in [5, 5.41) is 21.2. The van der Waals surface area contributed by atoms with Crippen molar-refractivity contribution in [3.63, 3.8) is 0 Å². The van der Waals surface area contributed by atoms with E-state index in [4.69, 9.17) is 34.5 Å². The molecule has 4 unspecified atom stereocenters. The van der Waals surface area contributed by atoms with E-state index in [1.54, 1.807) is 0 Å². The second-order valence-electron chi connectivity index (χ2n) is 10.3. The molecular formula is C21H27FN10O12P2. The molecule has 25 heteroatoms. The van der Waals surface area contributed by atoms with Crippen LogP contribution in [-0.4, -0.2) is 116 Å². The summed E-state index contributed by atoms with van der Waals surface area (Å²) in [6.45, 7) is -0.729. The summed E-state index contributed by atoms with van der Waals surface area (Å²) in [5.74, 6) is -0.262. The van der Waals surface area contributed by atoms with Crippen molar-refractivity contribution in [1.29, 1.82) is 0 Å². The number of nitrogens with zero attached hydrogens (tertiary/aromatic N) is 7. The van der Waals surface area contributed by atoms with Gasteiger partial charge in [-0.3, -0.25) is 32.5 Å². The Morgan fingerprint density at radius 3 is 2.33 bits per heavy atom. The Hall–Kier alpha value is -3.47. The first kappa shape index (κ1) is 32.5. The molecule has 250 valence electrons. The number of halogens is 1. The van der Waals surface area contributed by atoms with E-state index >= 15 is 4.39 Å². The first-order chi connectivity index (χ1) is 21.6. The first-order valence-electron chi connectivity index (χ1n) is 13.2. The highest BCUT2D eigenvalue weighted by atomic mass is 31.2. The van der Waals surface area contributed by atoms with Gasteiger partial charge in [0, 0.05) is 6.66 Å². The van der Waals surface area contributed by atoms with Crippen molar-refractivity contribution in [2.45, 2.75) is 49.1 Å². The Bertz CT molecular complexity index is 1920. The molecule has 0 spiro atoms. The molecule has 2 aliphatic heterocycles. The minimum absolute atomic E-state index is 0.00995. The van der Waals surface area contributed by atoms with Crippen LogP contribution in [0.3, 0.4) is 0 Å². The molecule has 10 atom stereocenters. The van der Waals surface area contributed by atoms with Crippen molar-refractivity contribution in [3.05, 3.63) is 29.3 Å². The van der Waals surface area contributed by atoms with Gasteiger partial charge in [-0.05, 0) is 0 Å². The van der Waals surface area contributed by atoms with Crippen molar-refractivity contribution in [1.82, 2.24) is 39.0 Å². The molecule has 0 radical (unpaired) electrons. The second kappa shape index (κ2) is 12.0. The third-order valence-electron chi connectivity index (χ3n) is 7.13. The Morgan fingerprint density at radius 2 is 1.61 bits per heavy atom. The number of hydrogen-bond acceptors (Lipinski definition) is 17. The Morgan fingerprint density at radius 1 is 0.957 bits per heavy atom. The zero-order valence-corrected chi connectivity index (χ0v) is 25.2. The van der Waals surface area contributed by atoms with Crippen LogP contribution < -0.4 is 17.0 Å². The molecule has 4 aromatic heterocycles. The van der Waals surface area contributed by atoms with Gasteiger partial charge in [0.1, 0.15) is 42.4 Å². The summed E-state index contributed by atoms with van der Waals surface area (Å²) in [6, 6.07) is 0. The molecule has 2 saturated heterocycles. The highest BCUT2D eigenvalue weighted by Gasteiger charge is 2.52. The Balaban J connectivity index is 1.18. The largest absolute Gasteiger partial charge is 0.472 e. The maximum absolute atomic E-state index is 15.9. The number of phosphoric ester groups is 1. The van der Waals surface area contributed by atoms with E-state index in [1.807, 2.05) is 0 Å². The van der Waals surface area contributed by atoms with Crippen LogP contribution in [0.1, 0.15) is 12.5 Å². The molecule has 6 rings (SSSR count). The molecule has 0 bridgehead atoms. The van der Waals surface area contributed by atoms with Gasteiger partial charge in [-0.2, -0.15) is 4.98 Å². The third kappa shape index (κ3) is 6.14. The van der Waals surface area contributed by atoms with Gasteiger partial charge in [0.2, 0.25) is 5.95 Å². The monoisotopic (exact) mass is 692 g/mol. The molecule has 22 nitrogen and oxygen atoms in total. The van der Waals surface area contributed by atoms with Crippen molar-refractivity contribution < 1.29 is 56.6 Å². The number of aromatic amines is 1. The molecule has 46 heavy (non-hydrogen) atoms. The zero-order valence-electron chi connectivity index (χ0n) is 23.4. The van der Waals surface area contributed by atoms with Gasteiger partial charge >= 0.3 is 15.4 Å². The number of aromatic nitrogens is 8. The summed E-state index contributed by atoms with van der Waals surface area (Å²) >= 11 is 0. The zero-order chi connectivity index (χ0) is 33.1. The third-order valence-corrected chi connectivity index (χ3v) is 8.74. The lowest BCUT2D eigenvalue weighted by Crippen LogP contribution is -2.35. The van der Waals surface area contributed by atoms with Gasteiger partial charge in [0.15, 0.2) is 41.3 Å². The van der Waals surface area contributed by atoms with E-state index in [-0.39, 0.29) is 34.1 Å². The second-order valence-corrected chi connectivity index (χ2v) is 13.6. The minimum atomic E-state index is -5.21. The van der Waals surface area contributed by atoms with Crippen LogP contribution in [0.4, 0.5) is 16.2 Å². The number of nitrogens with two attached hydrogens (primary N) is 2. The van der Waals surface area contributed by atoms with Crippen LogP contribution in [-0.2, 0) is 32.2 Å². The molecule has 0 aromatic carbocycles. The van der Waals surface area contributed by atoms with E-state index in [9.17, 15) is 33.9 Å². The van der Waals surface area contributed by atoms with E-state index in [0.29, 0.717) is 0 Å². The molecule has 0 aliphatic carbocycles. The van der Waals surface area contributed by atoms with Crippen LogP contribution in [0.15, 0.2) is 23.8 Å². The number of rotatable bonds is 10.